The Morgan fingerprint density at radius 3 is 2.35 bits per heavy atom. The number of aliphatic hydroxyl groups is 1. The number of ketones is 1. The van der Waals surface area contributed by atoms with Gasteiger partial charge in [-0.3, -0.25) is 9.59 Å². The number of Topliss-reactive ketones (excluding diaryl/α,β-unsaturated/α-hetero) is 1. The van der Waals surface area contributed by atoms with Gasteiger partial charge in [-0.2, -0.15) is 0 Å². The molecule has 3 N–H and O–H groups in total. The van der Waals surface area contributed by atoms with Crippen LogP contribution in [0.25, 0.3) is 0 Å². The number of benzene rings is 1. The van der Waals surface area contributed by atoms with E-state index in [0.717, 1.165) is 5.56 Å². The number of amides is 1. The smallest absolute Gasteiger partial charge is 0.232 e. The number of carbonyl (C=O) groups excluding carboxylic acids is 2. The molecular formula is C13H16NO5S. The van der Waals surface area contributed by atoms with Crippen molar-refractivity contribution in [3.63, 3.8) is 0 Å². The molecule has 1 aromatic rings. The molecule has 1 aromatic carbocycles. The third-order valence-electron chi connectivity index (χ3n) is 2.47. The molecule has 0 aliphatic rings. The third kappa shape index (κ3) is 5.94. The van der Waals surface area contributed by atoms with Crippen molar-refractivity contribution in [2.75, 3.05) is 11.5 Å². The molecule has 1 radical (unpaired) electrons. The van der Waals surface area contributed by atoms with Crippen LogP contribution in [-0.2, 0) is 25.8 Å². The van der Waals surface area contributed by atoms with Crippen LogP contribution in [0.5, 0.6) is 0 Å². The quantitative estimate of drug-likeness (QED) is 0.656. The Bertz CT molecular complexity index is 568. The number of hydrogen-bond donors (Lipinski definition) is 2. The number of carbonyl (C=O) groups is 2. The average Bonchev–Trinajstić information content (AvgIpc) is 2.34. The lowest BCUT2D eigenvalue weighted by molar-refractivity contribution is -0.123. The number of rotatable bonds is 8. The van der Waals surface area contributed by atoms with Crippen molar-refractivity contribution in [1.29, 1.82) is 0 Å². The van der Waals surface area contributed by atoms with Crippen molar-refractivity contribution < 1.29 is 23.1 Å². The Morgan fingerprint density at radius 2 is 1.80 bits per heavy atom. The highest BCUT2D eigenvalue weighted by Crippen LogP contribution is 2.06. The second-order valence-corrected chi connectivity index (χ2v) is 6.40. The van der Waals surface area contributed by atoms with Crippen molar-refractivity contribution in [3.8, 4) is 0 Å². The maximum Gasteiger partial charge on any atom is 0.232 e. The van der Waals surface area contributed by atoms with Crippen molar-refractivity contribution in [3.05, 3.63) is 42.3 Å². The van der Waals surface area contributed by atoms with E-state index in [9.17, 15) is 23.1 Å². The second-order valence-electron chi connectivity index (χ2n) is 4.34. The molecule has 0 saturated carbocycles. The zero-order valence-electron chi connectivity index (χ0n) is 10.7. The molecule has 0 aliphatic heterocycles. The van der Waals surface area contributed by atoms with Gasteiger partial charge in [0.25, 0.3) is 0 Å². The molecule has 0 aliphatic carbocycles. The summed E-state index contributed by atoms with van der Waals surface area (Å²) in [7, 11) is -3.91. The molecule has 0 bridgehead atoms. The Hall–Kier alpha value is -1.73. The highest BCUT2D eigenvalue weighted by atomic mass is 32.2. The van der Waals surface area contributed by atoms with Crippen molar-refractivity contribution >= 4 is 21.5 Å². The Labute approximate surface area is 117 Å². The third-order valence-corrected chi connectivity index (χ3v) is 3.92. The normalized spacial score (nSPS) is 12.8. The van der Waals surface area contributed by atoms with E-state index < -0.39 is 39.1 Å². The molecule has 1 unspecified atom stereocenters. The summed E-state index contributed by atoms with van der Waals surface area (Å²) < 4.78 is 22.8. The molecule has 0 saturated heterocycles. The van der Waals surface area contributed by atoms with Crippen LogP contribution in [0.15, 0.2) is 30.3 Å². The van der Waals surface area contributed by atoms with E-state index in [1.165, 1.54) is 6.42 Å². The largest absolute Gasteiger partial charge is 0.385 e. The van der Waals surface area contributed by atoms with Gasteiger partial charge in [-0.25, -0.2) is 8.42 Å². The predicted octanol–water partition coefficient (Wildman–Crippen LogP) is -0.737. The van der Waals surface area contributed by atoms with Gasteiger partial charge in [-0.05, 0) is 12.0 Å². The van der Waals surface area contributed by atoms with Crippen molar-refractivity contribution in [1.82, 2.24) is 0 Å². The Morgan fingerprint density at radius 1 is 1.20 bits per heavy atom. The fourth-order valence-corrected chi connectivity index (χ4v) is 2.70. The Kier molecular flexibility index (Phi) is 5.84. The van der Waals surface area contributed by atoms with Gasteiger partial charge >= 0.3 is 0 Å². The molecule has 0 fully saturated rings. The van der Waals surface area contributed by atoms with E-state index in [2.05, 4.69) is 0 Å². The molecule has 109 valence electrons. The molecular weight excluding hydrogens is 282 g/mol. The highest BCUT2D eigenvalue weighted by molar-refractivity contribution is 7.92. The minimum atomic E-state index is -3.91. The molecule has 0 spiro atoms. The summed E-state index contributed by atoms with van der Waals surface area (Å²) in [5.74, 6) is -3.70. The molecule has 20 heavy (non-hydrogen) atoms. The summed E-state index contributed by atoms with van der Waals surface area (Å²) in [5, 5.41) is 9.59. The van der Waals surface area contributed by atoms with Gasteiger partial charge in [0.1, 0.15) is 17.6 Å². The molecule has 1 rings (SSSR count). The van der Waals surface area contributed by atoms with E-state index in [0.29, 0.717) is 6.42 Å². The van der Waals surface area contributed by atoms with Crippen LogP contribution in [0.2, 0.25) is 0 Å². The molecule has 1 amide bonds. The van der Waals surface area contributed by atoms with Crippen LogP contribution in [0.1, 0.15) is 5.56 Å². The summed E-state index contributed by atoms with van der Waals surface area (Å²) in [6, 6.07) is 9.10. The summed E-state index contributed by atoms with van der Waals surface area (Å²) in [6.45, 7) is 0. The molecule has 0 aromatic heterocycles. The number of sulfone groups is 1. The monoisotopic (exact) mass is 298 g/mol. The van der Waals surface area contributed by atoms with Crippen LogP contribution in [0.3, 0.4) is 0 Å². The van der Waals surface area contributed by atoms with Gasteiger partial charge in [0.15, 0.2) is 15.6 Å². The van der Waals surface area contributed by atoms with Crippen LogP contribution in [-0.4, -0.2) is 42.8 Å². The molecule has 6 nitrogen and oxygen atoms in total. The molecule has 1 atom stereocenters. The Balaban J connectivity index is 2.49. The van der Waals surface area contributed by atoms with E-state index in [-0.39, 0.29) is 0 Å². The number of nitrogens with two attached hydrogens (primary N) is 1. The van der Waals surface area contributed by atoms with Crippen molar-refractivity contribution in [2.24, 2.45) is 5.73 Å². The maximum atomic E-state index is 11.5. The molecule has 0 heterocycles. The van der Waals surface area contributed by atoms with E-state index in [1.54, 1.807) is 0 Å². The van der Waals surface area contributed by atoms with Gasteiger partial charge < -0.3 is 10.8 Å². The average molecular weight is 298 g/mol. The summed E-state index contributed by atoms with van der Waals surface area (Å²) in [5.41, 5.74) is 5.65. The fraction of sp³-hybridized carbons (Fsp3) is 0.308. The highest BCUT2D eigenvalue weighted by Gasteiger charge is 2.24. The first kappa shape index (κ1) is 16.3. The summed E-state index contributed by atoms with van der Waals surface area (Å²) in [4.78, 5) is 22.1. The van der Waals surface area contributed by atoms with E-state index >= 15 is 0 Å². The zero-order chi connectivity index (χ0) is 15.2. The standard InChI is InChI=1S/C13H16NO5S/c14-13(17)9-20(18,19)8-12(16)11(15)7-6-10-4-2-1-3-5-10/h1-5,7,11,15H,6,8-9H2,(H2,14,17). The van der Waals surface area contributed by atoms with Gasteiger partial charge in [0.05, 0.1) is 0 Å². The fourth-order valence-electron chi connectivity index (χ4n) is 1.56. The SMILES string of the molecule is NC(=O)CS(=O)(=O)CC(=O)C(O)[CH]Cc1ccccc1. The van der Waals surface area contributed by atoms with Gasteiger partial charge in [0.2, 0.25) is 5.91 Å². The van der Waals surface area contributed by atoms with Crippen LogP contribution >= 0.6 is 0 Å². The molecule has 7 heteroatoms. The van der Waals surface area contributed by atoms with Gasteiger partial charge in [-0.15, -0.1) is 0 Å². The summed E-state index contributed by atoms with van der Waals surface area (Å²) >= 11 is 0. The number of aliphatic hydroxyl groups excluding tert-OH is 1. The lowest BCUT2D eigenvalue weighted by Crippen LogP contribution is -2.33. The second kappa shape index (κ2) is 7.16. The first-order valence-corrected chi connectivity index (χ1v) is 7.69. The van der Waals surface area contributed by atoms with Gasteiger partial charge in [0, 0.05) is 6.42 Å². The van der Waals surface area contributed by atoms with E-state index in [4.69, 9.17) is 5.73 Å². The minimum absolute atomic E-state index is 0.337. The zero-order valence-corrected chi connectivity index (χ0v) is 11.5. The first-order chi connectivity index (χ1) is 9.30. The van der Waals surface area contributed by atoms with Crippen LogP contribution < -0.4 is 5.73 Å². The lowest BCUT2D eigenvalue weighted by atomic mass is 10.1. The van der Waals surface area contributed by atoms with E-state index in [1.807, 2.05) is 30.3 Å². The predicted molar refractivity (Wildman–Crippen MR) is 73.3 cm³/mol. The summed E-state index contributed by atoms with van der Waals surface area (Å²) in [6.07, 6.45) is 0.166. The first-order valence-electron chi connectivity index (χ1n) is 5.87. The maximum absolute atomic E-state index is 11.5. The number of primary amides is 1. The topological polar surface area (TPSA) is 115 Å². The van der Waals surface area contributed by atoms with Crippen LogP contribution in [0.4, 0.5) is 0 Å². The van der Waals surface area contributed by atoms with Crippen molar-refractivity contribution in [2.45, 2.75) is 12.5 Å². The number of hydrogen-bond acceptors (Lipinski definition) is 5. The minimum Gasteiger partial charge on any atom is -0.385 e. The van der Waals surface area contributed by atoms with Gasteiger partial charge in [-0.1, -0.05) is 30.3 Å². The van der Waals surface area contributed by atoms with Crippen LogP contribution in [0, 0.1) is 6.42 Å². The lowest BCUT2D eigenvalue weighted by Gasteiger charge is -2.09.